The molecule has 0 saturated carbocycles. The second-order valence-electron chi connectivity index (χ2n) is 4.57. The molecule has 0 bridgehead atoms. The predicted octanol–water partition coefficient (Wildman–Crippen LogP) is 1.07. The van der Waals surface area contributed by atoms with Gasteiger partial charge in [-0.25, -0.2) is 14.2 Å². The Kier molecular flexibility index (Phi) is 4.99. The van der Waals surface area contributed by atoms with Crippen LogP contribution in [0.5, 0.6) is 0 Å². The highest BCUT2D eigenvalue weighted by Gasteiger charge is 2.12. The van der Waals surface area contributed by atoms with Gasteiger partial charge in [0, 0.05) is 26.6 Å². The molecule has 0 aliphatic carbocycles. The summed E-state index contributed by atoms with van der Waals surface area (Å²) in [5, 5.41) is 7.34. The highest BCUT2D eigenvalue weighted by Crippen LogP contribution is 2.11. The second kappa shape index (κ2) is 6.94. The van der Waals surface area contributed by atoms with E-state index in [-0.39, 0.29) is 5.56 Å². The van der Waals surface area contributed by atoms with Crippen molar-refractivity contribution in [2.75, 3.05) is 13.7 Å². The van der Waals surface area contributed by atoms with E-state index in [0.717, 1.165) is 11.4 Å². The molecule has 0 radical (unpaired) electrons. The van der Waals surface area contributed by atoms with Crippen molar-refractivity contribution in [3.8, 4) is 0 Å². The summed E-state index contributed by atoms with van der Waals surface area (Å²) < 4.78 is 19.9. The molecular weight excluding hydrogens is 275 g/mol. The number of carbonyl (C=O) groups excluding carboxylic acids is 1. The number of aryl methyl sites for hydroxylation is 1. The van der Waals surface area contributed by atoms with Gasteiger partial charge in [-0.05, 0) is 17.7 Å². The Morgan fingerprint density at radius 2 is 2.29 bits per heavy atom. The first-order chi connectivity index (χ1) is 10.1. The SMILES string of the molecule is COC(=O)c1ccc(CNCCc2ncn(C)n2)cc1F. The summed E-state index contributed by atoms with van der Waals surface area (Å²) in [5.41, 5.74) is 0.702. The lowest BCUT2D eigenvalue weighted by Gasteiger charge is -2.06. The van der Waals surface area contributed by atoms with Crippen LogP contribution < -0.4 is 5.32 Å². The summed E-state index contributed by atoms with van der Waals surface area (Å²) in [7, 11) is 3.04. The first-order valence-corrected chi connectivity index (χ1v) is 6.52. The van der Waals surface area contributed by atoms with Gasteiger partial charge in [-0.1, -0.05) is 6.07 Å². The van der Waals surface area contributed by atoms with Gasteiger partial charge in [-0.3, -0.25) is 4.68 Å². The van der Waals surface area contributed by atoms with Crippen molar-refractivity contribution in [1.82, 2.24) is 20.1 Å². The molecule has 1 N–H and O–H groups in total. The van der Waals surface area contributed by atoms with Crippen LogP contribution in [0, 0.1) is 5.82 Å². The molecule has 21 heavy (non-hydrogen) atoms. The number of hydrogen-bond acceptors (Lipinski definition) is 5. The molecule has 0 aliphatic heterocycles. The number of ether oxygens (including phenoxy) is 1. The molecule has 6 nitrogen and oxygen atoms in total. The molecule has 0 amide bonds. The minimum absolute atomic E-state index is 0.0565. The van der Waals surface area contributed by atoms with Crippen LogP contribution in [-0.2, 0) is 24.8 Å². The maximum absolute atomic E-state index is 13.7. The number of aromatic nitrogens is 3. The molecule has 1 aromatic heterocycles. The number of methoxy groups -OCH3 is 1. The van der Waals surface area contributed by atoms with Crippen LogP contribution in [0.2, 0.25) is 0 Å². The lowest BCUT2D eigenvalue weighted by atomic mass is 10.1. The van der Waals surface area contributed by atoms with Crippen molar-refractivity contribution in [3.63, 3.8) is 0 Å². The van der Waals surface area contributed by atoms with Crippen molar-refractivity contribution in [2.24, 2.45) is 7.05 Å². The molecule has 0 unspecified atom stereocenters. The zero-order valence-electron chi connectivity index (χ0n) is 12.0. The van der Waals surface area contributed by atoms with Crippen LogP contribution >= 0.6 is 0 Å². The largest absolute Gasteiger partial charge is 0.465 e. The van der Waals surface area contributed by atoms with Gasteiger partial charge in [0.15, 0.2) is 5.82 Å². The standard InChI is InChI=1S/C14H17FN4O2/c1-19-9-17-13(18-19)5-6-16-8-10-3-4-11(12(15)7-10)14(20)21-2/h3-4,7,9,16H,5-6,8H2,1-2H3. The van der Waals surface area contributed by atoms with E-state index in [2.05, 4.69) is 20.1 Å². The van der Waals surface area contributed by atoms with E-state index in [4.69, 9.17) is 0 Å². The van der Waals surface area contributed by atoms with Crippen molar-refractivity contribution in [2.45, 2.75) is 13.0 Å². The third-order valence-corrected chi connectivity index (χ3v) is 2.94. The molecule has 0 atom stereocenters. The molecule has 0 saturated heterocycles. The fourth-order valence-corrected chi connectivity index (χ4v) is 1.88. The lowest BCUT2D eigenvalue weighted by Crippen LogP contribution is -2.17. The van der Waals surface area contributed by atoms with Gasteiger partial charge in [0.1, 0.15) is 12.1 Å². The van der Waals surface area contributed by atoms with E-state index >= 15 is 0 Å². The van der Waals surface area contributed by atoms with E-state index in [9.17, 15) is 9.18 Å². The minimum Gasteiger partial charge on any atom is -0.465 e. The third-order valence-electron chi connectivity index (χ3n) is 2.94. The fraction of sp³-hybridized carbons (Fsp3) is 0.357. The first-order valence-electron chi connectivity index (χ1n) is 6.52. The highest BCUT2D eigenvalue weighted by atomic mass is 19.1. The van der Waals surface area contributed by atoms with Gasteiger partial charge in [-0.2, -0.15) is 5.10 Å². The van der Waals surface area contributed by atoms with Crippen LogP contribution in [0.1, 0.15) is 21.7 Å². The van der Waals surface area contributed by atoms with Gasteiger partial charge in [0.25, 0.3) is 0 Å². The second-order valence-corrected chi connectivity index (χ2v) is 4.57. The Hall–Kier alpha value is -2.28. The third kappa shape index (κ3) is 4.09. The van der Waals surface area contributed by atoms with Gasteiger partial charge < -0.3 is 10.1 Å². The molecule has 7 heteroatoms. The first kappa shape index (κ1) is 15.1. The van der Waals surface area contributed by atoms with Gasteiger partial charge in [0.05, 0.1) is 12.7 Å². The van der Waals surface area contributed by atoms with Crippen molar-refractivity contribution in [1.29, 1.82) is 0 Å². The number of rotatable bonds is 6. The van der Waals surface area contributed by atoms with Crippen molar-refractivity contribution >= 4 is 5.97 Å². The Morgan fingerprint density at radius 3 is 2.90 bits per heavy atom. The zero-order valence-corrected chi connectivity index (χ0v) is 12.0. The number of hydrogen-bond donors (Lipinski definition) is 1. The normalized spacial score (nSPS) is 10.6. The summed E-state index contributed by atoms with van der Waals surface area (Å²) in [6.45, 7) is 1.19. The van der Waals surface area contributed by atoms with Gasteiger partial charge in [-0.15, -0.1) is 0 Å². The van der Waals surface area contributed by atoms with Gasteiger partial charge >= 0.3 is 5.97 Å². The maximum atomic E-state index is 13.7. The van der Waals surface area contributed by atoms with Crippen LogP contribution in [0.3, 0.4) is 0 Å². The fourth-order valence-electron chi connectivity index (χ4n) is 1.88. The maximum Gasteiger partial charge on any atom is 0.340 e. The number of carbonyl (C=O) groups is 1. The van der Waals surface area contributed by atoms with Crippen LogP contribution in [-0.4, -0.2) is 34.4 Å². The summed E-state index contributed by atoms with van der Waals surface area (Å²) in [5.74, 6) is -0.488. The molecule has 2 aromatic rings. The Morgan fingerprint density at radius 1 is 1.48 bits per heavy atom. The van der Waals surface area contributed by atoms with Crippen molar-refractivity contribution in [3.05, 3.63) is 47.3 Å². The number of benzene rings is 1. The number of esters is 1. The van der Waals surface area contributed by atoms with Crippen LogP contribution in [0.4, 0.5) is 4.39 Å². The number of nitrogens with zero attached hydrogens (tertiary/aromatic N) is 3. The molecule has 1 aromatic carbocycles. The zero-order chi connectivity index (χ0) is 15.2. The summed E-state index contributed by atoms with van der Waals surface area (Å²) in [6.07, 6.45) is 2.35. The smallest absolute Gasteiger partial charge is 0.340 e. The quantitative estimate of drug-likeness (QED) is 0.637. The topological polar surface area (TPSA) is 69.0 Å². The summed E-state index contributed by atoms with van der Waals surface area (Å²) >= 11 is 0. The highest BCUT2D eigenvalue weighted by molar-refractivity contribution is 5.89. The van der Waals surface area contributed by atoms with E-state index in [1.807, 2.05) is 7.05 Å². The molecule has 0 aliphatic rings. The molecule has 112 valence electrons. The monoisotopic (exact) mass is 292 g/mol. The number of halogens is 1. The molecule has 2 rings (SSSR count). The Balaban J connectivity index is 1.83. The summed E-state index contributed by atoms with van der Waals surface area (Å²) in [4.78, 5) is 15.4. The minimum atomic E-state index is -0.673. The molecular formula is C14H17FN4O2. The van der Waals surface area contributed by atoms with Crippen LogP contribution in [0.15, 0.2) is 24.5 Å². The predicted molar refractivity (Wildman–Crippen MR) is 74.2 cm³/mol. The van der Waals surface area contributed by atoms with Crippen LogP contribution in [0.25, 0.3) is 0 Å². The molecule has 0 fully saturated rings. The Bertz CT molecular complexity index is 627. The molecule has 1 heterocycles. The lowest BCUT2D eigenvalue weighted by molar-refractivity contribution is 0.0595. The van der Waals surface area contributed by atoms with Crippen molar-refractivity contribution < 1.29 is 13.9 Å². The van der Waals surface area contributed by atoms with E-state index < -0.39 is 11.8 Å². The van der Waals surface area contributed by atoms with E-state index in [0.29, 0.717) is 19.5 Å². The number of nitrogens with one attached hydrogen (secondary N) is 1. The van der Waals surface area contributed by atoms with Gasteiger partial charge in [0.2, 0.25) is 0 Å². The Labute approximate surface area is 121 Å². The average Bonchev–Trinajstić information content (AvgIpc) is 2.88. The molecule has 0 spiro atoms. The average molecular weight is 292 g/mol. The van der Waals surface area contributed by atoms with E-state index in [1.54, 1.807) is 17.1 Å². The van der Waals surface area contributed by atoms with E-state index in [1.165, 1.54) is 19.2 Å². The summed E-state index contributed by atoms with van der Waals surface area (Å²) in [6, 6.07) is 4.46.